The van der Waals surface area contributed by atoms with Gasteiger partial charge in [-0.3, -0.25) is 0 Å². The minimum absolute atomic E-state index is 0.227. The number of hydrogen-bond acceptors (Lipinski definition) is 2. The summed E-state index contributed by atoms with van der Waals surface area (Å²) in [7, 11) is 13.7. The average molecular weight is 280 g/mol. The van der Waals surface area contributed by atoms with E-state index in [0.717, 1.165) is 0 Å². The first-order chi connectivity index (χ1) is 4.95. The van der Waals surface area contributed by atoms with Gasteiger partial charge in [-0.1, -0.05) is 0 Å². The van der Waals surface area contributed by atoms with Crippen LogP contribution in [0.5, 0.6) is 0 Å². The van der Waals surface area contributed by atoms with Crippen molar-refractivity contribution in [2.24, 2.45) is 0 Å². The molecule has 0 saturated heterocycles. The van der Waals surface area contributed by atoms with Gasteiger partial charge in [-0.25, -0.2) is 0 Å². The third-order valence-electron chi connectivity index (χ3n) is 0.918. The van der Waals surface area contributed by atoms with Gasteiger partial charge >= 0.3 is 81.2 Å². The van der Waals surface area contributed by atoms with E-state index >= 15 is 0 Å². The molecule has 0 fully saturated rings. The van der Waals surface area contributed by atoms with E-state index in [1.165, 1.54) is 0 Å². The van der Waals surface area contributed by atoms with E-state index in [0.29, 0.717) is 11.9 Å². The molecule has 0 spiro atoms. The molecule has 0 aromatic carbocycles. The Hall–Kier alpha value is 0.883. The summed E-state index contributed by atoms with van der Waals surface area (Å²) >= 11 is 0. The van der Waals surface area contributed by atoms with Crippen LogP contribution < -0.4 is 0 Å². The number of esters is 1. The normalized spacial score (nSPS) is 11.3. The summed E-state index contributed by atoms with van der Waals surface area (Å²) in [4.78, 5) is 10.7. The minimum atomic E-state index is -3.08. The van der Waals surface area contributed by atoms with Gasteiger partial charge in [0.15, 0.2) is 0 Å². The summed E-state index contributed by atoms with van der Waals surface area (Å²) in [6, 6.07) is 0. The fourth-order valence-corrected chi connectivity index (χ4v) is 2.97. The molecule has 0 amide bonds. The number of carbonyl (C=O) groups is 1. The number of carbonyl (C=O) groups excluding carboxylic acids is 1. The van der Waals surface area contributed by atoms with Crippen molar-refractivity contribution >= 4 is 46.5 Å². The first-order valence-corrected chi connectivity index (χ1v) is 12.9. The molecule has 0 heterocycles. The Balaban J connectivity index is 3.46. The molecule has 0 aliphatic carbocycles. The van der Waals surface area contributed by atoms with Crippen LogP contribution in [0.4, 0.5) is 0 Å². The van der Waals surface area contributed by atoms with Crippen LogP contribution in [0.25, 0.3) is 0 Å². The molecule has 0 atom stereocenters. The summed E-state index contributed by atoms with van der Waals surface area (Å²) in [5.74, 6) is -0.288. The van der Waals surface area contributed by atoms with E-state index in [1.54, 1.807) is 6.92 Å². The first-order valence-electron chi connectivity index (χ1n) is 3.18. The predicted octanol–water partition coefficient (Wildman–Crippen LogP) is 2.59. The van der Waals surface area contributed by atoms with Gasteiger partial charge in [-0.2, -0.15) is 0 Å². The molecule has 0 aromatic rings. The first kappa shape index (κ1) is 11.9. The van der Waals surface area contributed by atoms with Crippen molar-refractivity contribution in [3.8, 4) is 0 Å². The Labute approximate surface area is 81.0 Å². The van der Waals surface area contributed by atoms with Gasteiger partial charge in [0.25, 0.3) is 0 Å². The van der Waals surface area contributed by atoms with Crippen molar-refractivity contribution in [2.45, 2.75) is 18.6 Å². The van der Waals surface area contributed by atoms with E-state index in [9.17, 15) is 4.79 Å². The topological polar surface area (TPSA) is 26.3 Å². The van der Waals surface area contributed by atoms with Gasteiger partial charge in [-0.15, -0.1) is 0 Å². The van der Waals surface area contributed by atoms with Crippen LogP contribution in [0.3, 0.4) is 0 Å². The maximum absolute atomic E-state index is 10.7. The van der Waals surface area contributed by atoms with Crippen LogP contribution in [-0.4, -0.2) is 23.1 Å². The van der Waals surface area contributed by atoms with Crippen molar-refractivity contribution < 1.29 is 9.53 Å². The Bertz CT molecular complexity index is 134. The van der Waals surface area contributed by atoms with Gasteiger partial charge in [0, 0.05) is 0 Å². The standard InChI is InChI=1S/C5H9Cl3GeO2/c1-2-11-5(10)3-4-9(6,7)8/h2-4H2,1H3. The van der Waals surface area contributed by atoms with Crippen LogP contribution in [-0.2, 0) is 9.53 Å². The molecule has 0 bridgehead atoms. The molecule has 0 aromatic heterocycles. The van der Waals surface area contributed by atoms with E-state index in [-0.39, 0.29) is 12.4 Å². The van der Waals surface area contributed by atoms with Gasteiger partial charge in [0.05, 0.1) is 0 Å². The van der Waals surface area contributed by atoms with Gasteiger partial charge in [-0.05, 0) is 0 Å². The Morgan fingerprint density at radius 2 is 2.00 bits per heavy atom. The molecular weight excluding hydrogens is 271 g/mol. The molecule has 0 N–H and O–H groups in total. The molecule has 2 nitrogen and oxygen atoms in total. The monoisotopic (exact) mass is 280 g/mol. The maximum atomic E-state index is 10.7. The van der Waals surface area contributed by atoms with Crippen molar-refractivity contribution in [2.75, 3.05) is 6.61 Å². The van der Waals surface area contributed by atoms with Crippen LogP contribution >= 0.6 is 30.0 Å². The van der Waals surface area contributed by atoms with Gasteiger partial charge in [0.2, 0.25) is 0 Å². The second kappa shape index (κ2) is 5.52. The summed E-state index contributed by atoms with van der Waals surface area (Å²) in [6.07, 6.45) is 0.227. The zero-order valence-corrected chi connectivity index (χ0v) is 10.4. The molecule has 6 heteroatoms. The van der Waals surface area contributed by atoms with Crippen molar-refractivity contribution in [3.05, 3.63) is 0 Å². The van der Waals surface area contributed by atoms with Gasteiger partial charge in [0.1, 0.15) is 0 Å². The van der Waals surface area contributed by atoms with E-state index in [2.05, 4.69) is 4.74 Å². The molecular formula is C5H9Cl3GeO2. The molecule has 66 valence electrons. The van der Waals surface area contributed by atoms with Crippen LogP contribution in [0, 0.1) is 0 Å². The van der Waals surface area contributed by atoms with Crippen LogP contribution in [0.2, 0.25) is 5.25 Å². The third kappa shape index (κ3) is 8.79. The Kier molecular flexibility index (Phi) is 5.96. The van der Waals surface area contributed by atoms with E-state index < -0.39 is 10.5 Å². The zero-order valence-electron chi connectivity index (χ0n) is 6.07. The average Bonchev–Trinajstić information content (AvgIpc) is 1.83. The number of halogens is 3. The SMILES string of the molecule is CCOC(=O)C[CH2][Ge]([Cl])([Cl])[Cl]. The fraction of sp³-hybridized carbons (Fsp3) is 0.800. The van der Waals surface area contributed by atoms with Crippen molar-refractivity contribution in [1.82, 2.24) is 0 Å². The number of hydrogen-bond donors (Lipinski definition) is 0. The summed E-state index contributed by atoms with van der Waals surface area (Å²) in [5.41, 5.74) is 0. The predicted molar refractivity (Wildman–Crippen MR) is 49.4 cm³/mol. The molecule has 0 aliphatic rings. The zero-order chi connectivity index (χ0) is 8.91. The number of ether oxygens (including phenoxy) is 1. The second-order valence-corrected chi connectivity index (χ2v) is 18.6. The summed E-state index contributed by atoms with van der Waals surface area (Å²) in [6.45, 7) is 2.13. The molecule has 0 rings (SSSR count). The fourth-order valence-electron chi connectivity index (χ4n) is 0.477. The Morgan fingerprint density at radius 3 is 2.36 bits per heavy atom. The molecule has 0 aliphatic heterocycles. The summed E-state index contributed by atoms with van der Waals surface area (Å²) < 4.78 is 4.65. The third-order valence-corrected chi connectivity index (χ3v) is 5.58. The molecule has 0 radical (unpaired) electrons. The quantitative estimate of drug-likeness (QED) is 0.584. The summed E-state index contributed by atoms with van der Waals surface area (Å²) in [5, 5.41) is 0.378. The van der Waals surface area contributed by atoms with E-state index in [4.69, 9.17) is 30.0 Å². The van der Waals surface area contributed by atoms with Crippen molar-refractivity contribution in [3.63, 3.8) is 0 Å². The van der Waals surface area contributed by atoms with Crippen molar-refractivity contribution in [1.29, 1.82) is 0 Å². The van der Waals surface area contributed by atoms with Crippen LogP contribution in [0.15, 0.2) is 0 Å². The number of rotatable bonds is 4. The molecule has 0 saturated carbocycles. The molecule has 11 heavy (non-hydrogen) atoms. The van der Waals surface area contributed by atoms with E-state index in [1.807, 2.05) is 0 Å². The van der Waals surface area contributed by atoms with Gasteiger partial charge < -0.3 is 0 Å². The van der Waals surface area contributed by atoms with Crippen LogP contribution in [0.1, 0.15) is 13.3 Å². The Morgan fingerprint density at radius 1 is 1.45 bits per heavy atom. The molecule has 0 unspecified atom stereocenters. The second-order valence-electron chi connectivity index (χ2n) is 1.92.